The number of unbranched alkanes of at least 4 members (excludes halogenated alkanes) is 1. The monoisotopic (exact) mass is 225 g/mol. The first-order valence-corrected chi connectivity index (χ1v) is 5.82. The molecule has 1 aliphatic carbocycles. The normalized spacial score (nSPS) is 24.1. The summed E-state index contributed by atoms with van der Waals surface area (Å²) in [4.78, 5) is 22.8. The zero-order chi connectivity index (χ0) is 12.0. The molecule has 0 aliphatic heterocycles. The van der Waals surface area contributed by atoms with E-state index >= 15 is 0 Å². The third kappa shape index (κ3) is 3.36. The van der Waals surface area contributed by atoms with Gasteiger partial charge in [0.05, 0.1) is 11.8 Å². The molecule has 0 saturated heterocycles. The minimum Gasteiger partial charge on any atom is -0.481 e. The highest BCUT2D eigenvalue weighted by molar-refractivity contribution is 5.85. The number of carbonyl (C=O) groups excluding carboxylic acids is 1. The molecule has 0 spiro atoms. The van der Waals surface area contributed by atoms with E-state index in [1.54, 1.807) is 0 Å². The molecule has 90 valence electrons. The van der Waals surface area contributed by atoms with Crippen molar-refractivity contribution in [2.75, 3.05) is 6.54 Å². The van der Waals surface area contributed by atoms with E-state index in [0.717, 1.165) is 12.8 Å². The smallest absolute Gasteiger partial charge is 0.307 e. The first-order valence-electron chi connectivity index (χ1n) is 5.82. The highest BCUT2D eigenvalue weighted by atomic mass is 16.4. The molecule has 0 radical (unpaired) electrons. The van der Waals surface area contributed by atoms with Crippen molar-refractivity contribution in [1.82, 2.24) is 5.32 Å². The zero-order valence-corrected chi connectivity index (χ0v) is 9.61. The fraction of sp³-hybridized carbons (Fsp3) is 0.667. The summed E-state index contributed by atoms with van der Waals surface area (Å²) >= 11 is 0. The summed E-state index contributed by atoms with van der Waals surface area (Å²) in [5.74, 6) is -1.96. The summed E-state index contributed by atoms with van der Waals surface area (Å²) in [7, 11) is 0. The second-order valence-corrected chi connectivity index (χ2v) is 4.14. The van der Waals surface area contributed by atoms with Gasteiger partial charge in [0.25, 0.3) is 0 Å². The van der Waals surface area contributed by atoms with Gasteiger partial charge >= 0.3 is 5.97 Å². The van der Waals surface area contributed by atoms with Gasteiger partial charge in [-0.05, 0) is 19.3 Å². The number of carboxylic acid groups (broad SMARTS) is 1. The predicted octanol–water partition coefficient (Wildman–Crippen LogP) is 1.57. The van der Waals surface area contributed by atoms with E-state index in [1.165, 1.54) is 0 Å². The lowest BCUT2D eigenvalue weighted by Crippen LogP contribution is -2.39. The second-order valence-electron chi connectivity index (χ2n) is 4.14. The van der Waals surface area contributed by atoms with E-state index in [2.05, 4.69) is 12.2 Å². The van der Waals surface area contributed by atoms with E-state index in [-0.39, 0.29) is 5.91 Å². The Kier molecular flexibility index (Phi) is 5.02. The first-order chi connectivity index (χ1) is 7.66. The predicted molar refractivity (Wildman–Crippen MR) is 60.9 cm³/mol. The van der Waals surface area contributed by atoms with Crippen molar-refractivity contribution in [3.8, 4) is 0 Å². The fourth-order valence-electron chi connectivity index (χ4n) is 1.90. The van der Waals surface area contributed by atoms with Crippen LogP contribution in [-0.2, 0) is 9.59 Å². The van der Waals surface area contributed by atoms with E-state index in [0.29, 0.717) is 19.4 Å². The summed E-state index contributed by atoms with van der Waals surface area (Å²) in [5.41, 5.74) is 0. The van der Waals surface area contributed by atoms with Crippen molar-refractivity contribution < 1.29 is 14.7 Å². The summed E-state index contributed by atoms with van der Waals surface area (Å²) < 4.78 is 0. The number of rotatable bonds is 5. The third-order valence-corrected chi connectivity index (χ3v) is 2.92. The standard InChI is InChI=1S/C12H19NO3/c1-2-3-8-13-11(14)9-6-4-5-7-10(9)12(15)16/h4-5,9-10H,2-3,6-8H2,1H3,(H,13,14)(H,15,16)/t9-,10+/m0/s1. The van der Waals surface area contributed by atoms with Gasteiger partial charge in [-0.3, -0.25) is 9.59 Å². The van der Waals surface area contributed by atoms with Crippen LogP contribution in [-0.4, -0.2) is 23.5 Å². The third-order valence-electron chi connectivity index (χ3n) is 2.92. The Morgan fingerprint density at radius 2 is 1.94 bits per heavy atom. The van der Waals surface area contributed by atoms with Crippen LogP contribution >= 0.6 is 0 Å². The molecule has 4 heteroatoms. The Bertz CT molecular complexity index is 286. The molecule has 0 aromatic rings. The van der Waals surface area contributed by atoms with Gasteiger partial charge in [-0.15, -0.1) is 0 Å². The van der Waals surface area contributed by atoms with E-state index < -0.39 is 17.8 Å². The van der Waals surface area contributed by atoms with E-state index in [1.807, 2.05) is 12.2 Å². The minimum absolute atomic E-state index is 0.120. The lowest BCUT2D eigenvalue weighted by Gasteiger charge is -2.24. The van der Waals surface area contributed by atoms with Crippen molar-refractivity contribution in [2.24, 2.45) is 11.8 Å². The molecular formula is C12H19NO3. The lowest BCUT2D eigenvalue weighted by atomic mass is 9.82. The van der Waals surface area contributed by atoms with Crippen LogP contribution in [0, 0.1) is 11.8 Å². The summed E-state index contributed by atoms with van der Waals surface area (Å²) in [6.07, 6.45) is 6.69. The summed E-state index contributed by atoms with van der Waals surface area (Å²) in [6, 6.07) is 0. The van der Waals surface area contributed by atoms with Gasteiger partial charge in [-0.25, -0.2) is 0 Å². The molecule has 2 atom stereocenters. The molecule has 2 N–H and O–H groups in total. The van der Waals surface area contributed by atoms with Crippen molar-refractivity contribution in [3.63, 3.8) is 0 Å². The van der Waals surface area contributed by atoms with Crippen LogP contribution in [0.25, 0.3) is 0 Å². The average Bonchev–Trinajstić information content (AvgIpc) is 2.29. The number of carbonyl (C=O) groups is 2. The van der Waals surface area contributed by atoms with Gasteiger partial charge in [0.15, 0.2) is 0 Å². The molecule has 0 aromatic heterocycles. The van der Waals surface area contributed by atoms with Crippen LogP contribution in [0.3, 0.4) is 0 Å². The Hall–Kier alpha value is -1.32. The maximum Gasteiger partial charge on any atom is 0.307 e. The molecule has 1 amide bonds. The SMILES string of the molecule is CCCCNC(=O)[C@H]1CC=CC[C@H]1C(=O)O. The molecule has 0 saturated carbocycles. The van der Waals surface area contributed by atoms with E-state index in [4.69, 9.17) is 5.11 Å². The molecule has 16 heavy (non-hydrogen) atoms. The van der Waals surface area contributed by atoms with Crippen LogP contribution in [0.5, 0.6) is 0 Å². The number of hydrogen-bond acceptors (Lipinski definition) is 2. The maximum atomic E-state index is 11.8. The van der Waals surface area contributed by atoms with Gasteiger partial charge in [-0.2, -0.15) is 0 Å². The van der Waals surface area contributed by atoms with Crippen molar-refractivity contribution >= 4 is 11.9 Å². The molecule has 0 aromatic carbocycles. The van der Waals surface area contributed by atoms with Gasteiger partial charge < -0.3 is 10.4 Å². The molecule has 1 aliphatic rings. The molecule has 0 fully saturated rings. The lowest BCUT2D eigenvalue weighted by molar-refractivity contribution is -0.147. The van der Waals surface area contributed by atoms with Crippen LogP contribution in [0.1, 0.15) is 32.6 Å². The van der Waals surface area contributed by atoms with Gasteiger partial charge in [0.2, 0.25) is 5.91 Å². The Labute approximate surface area is 95.7 Å². The minimum atomic E-state index is -0.875. The zero-order valence-electron chi connectivity index (χ0n) is 9.61. The Morgan fingerprint density at radius 1 is 1.31 bits per heavy atom. The maximum absolute atomic E-state index is 11.8. The molecule has 0 heterocycles. The highest BCUT2D eigenvalue weighted by Gasteiger charge is 2.33. The summed E-state index contributed by atoms with van der Waals surface area (Å²) in [6.45, 7) is 2.69. The number of hydrogen-bond donors (Lipinski definition) is 2. The largest absolute Gasteiger partial charge is 0.481 e. The van der Waals surface area contributed by atoms with Crippen LogP contribution in [0.2, 0.25) is 0 Å². The second kappa shape index (κ2) is 6.30. The highest BCUT2D eigenvalue weighted by Crippen LogP contribution is 2.25. The number of carboxylic acids is 1. The van der Waals surface area contributed by atoms with Crippen molar-refractivity contribution in [3.05, 3.63) is 12.2 Å². The van der Waals surface area contributed by atoms with Crippen molar-refractivity contribution in [1.29, 1.82) is 0 Å². The molecule has 1 rings (SSSR count). The van der Waals surface area contributed by atoms with Crippen LogP contribution in [0.15, 0.2) is 12.2 Å². The summed E-state index contributed by atoms with van der Waals surface area (Å²) in [5, 5.41) is 11.8. The van der Waals surface area contributed by atoms with Crippen molar-refractivity contribution in [2.45, 2.75) is 32.6 Å². The Morgan fingerprint density at radius 3 is 2.50 bits per heavy atom. The molecule has 0 unspecified atom stereocenters. The average molecular weight is 225 g/mol. The van der Waals surface area contributed by atoms with Gasteiger partial charge in [-0.1, -0.05) is 25.5 Å². The molecule has 4 nitrogen and oxygen atoms in total. The topological polar surface area (TPSA) is 66.4 Å². The first kappa shape index (κ1) is 12.7. The number of nitrogens with one attached hydrogen (secondary N) is 1. The number of allylic oxidation sites excluding steroid dienone is 2. The number of aliphatic carboxylic acids is 1. The quantitative estimate of drug-likeness (QED) is 0.551. The molecular weight excluding hydrogens is 206 g/mol. The van der Waals surface area contributed by atoms with Gasteiger partial charge in [0.1, 0.15) is 0 Å². The number of amides is 1. The Balaban J connectivity index is 2.52. The fourth-order valence-corrected chi connectivity index (χ4v) is 1.90. The van der Waals surface area contributed by atoms with Crippen LogP contribution < -0.4 is 5.32 Å². The van der Waals surface area contributed by atoms with E-state index in [9.17, 15) is 9.59 Å². The molecule has 0 bridgehead atoms. The van der Waals surface area contributed by atoms with Gasteiger partial charge in [0, 0.05) is 6.54 Å². The van der Waals surface area contributed by atoms with Crippen LogP contribution in [0.4, 0.5) is 0 Å².